The van der Waals surface area contributed by atoms with Crippen molar-refractivity contribution >= 4 is 38.4 Å². The van der Waals surface area contributed by atoms with Gasteiger partial charge < -0.3 is 5.11 Å². The van der Waals surface area contributed by atoms with Gasteiger partial charge in [-0.2, -0.15) is 4.72 Å². The Balaban J connectivity index is 2.55. The fourth-order valence-corrected chi connectivity index (χ4v) is 3.98. The third kappa shape index (κ3) is 3.24. The number of aliphatic carboxylic acids is 1. The van der Waals surface area contributed by atoms with Crippen molar-refractivity contribution in [3.63, 3.8) is 0 Å². The monoisotopic (exact) mass is 341 g/mol. The number of nitrogens with one attached hydrogen (secondary N) is 1. The van der Waals surface area contributed by atoms with Crippen LogP contribution in [0.15, 0.2) is 41.3 Å². The van der Waals surface area contributed by atoms with Gasteiger partial charge in [0, 0.05) is 15.8 Å². The summed E-state index contributed by atoms with van der Waals surface area (Å²) in [4.78, 5) is 11.2. The molecule has 0 saturated carbocycles. The maximum Gasteiger partial charge on any atom is 0.322 e. The van der Waals surface area contributed by atoms with E-state index in [1.165, 1.54) is 6.07 Å². The Bertz CT molecular complexity index is 817. The van der Waals surface area contributed by atoms with E-state index in [4.69, 9.17) is 16.7 Å². The first-order valence-corrected chi connectivity index (χ1v) is 8.52. The number of sulfonamides is 1. The highest BCUT2D eigenvalue weighted by atomic mass is 35.5. The summed E-state index contributed by atoms with van der Waals surface area (Å²) in [7, 11) is -3.98. The van der Waals surface area contributed by atoms with Gasteiger partial charge in [-0.05, 0) is 18.1 Å². The van der Waals surface area contributed by atoms with Crippen LogP contribution in [-0.2, 0) is 14.8 Å². The molecule has 0 amide bonds. The first kappa shape index (κ1) is 16.7. The van der Waals surface area contributed by atoms with Gasteiger partial charge in [-0.3, -0.25) is 4.79 Å². The second-order valence-electron chi connectivity index (χ2n) is 5.27. The highest BCUT2D eigenvalue weighted by Crippen LogP contribution is 2.28. The van der Waals surface area contributed by atoms with E-state index >= 15 is 0 Å². The maximum atomic E-state index is 12.6. The highest BCUT2D eigenvalue weighted by molar-refractivity contribution is 7.89. The third-order valence-corrected chi connectivity index (χ3v) is 5.16. The zero-order valence-electron chi connectivity index (χ0n) is 12.1. The second-order valence-corrected chi connectivity index (χ2v) is 7.36. The van der Waals surface area contributed by atoms with Crippen LogP contribution in [0.1, 0.15) is 13.8 Å². The van der Waals surface area contributed by atoms with Gasteiger partial charge in [0.15, 0.2) is 0 Å². The first-order chi connectivity index (χ1) is 10.2. The number of rotatable bonds is 5. The van der Waals surface area contributed by atoms with Gasteiger partial charge in [-0.25, -0.2) is 8.42 Å². The van der Waals surface area contributed by atoms with E-state index < -0.39 is 22.0 Å². The number of carboxylic acids is 1. The number of benzene rings is 2. The van der Waals surface area contributed by atoms with Crippen LogP contribution in [0, 0.1) is 5.92 Å². The fourth-order valence-electron chi connectivity index (χ4n) is 2.18. The number of fused-ring (bicyclic) bond motifs is 1. The number of hydrogen-bond acceptors (Lipinski definition) is 3. The van der Waals surface area contributed by atoms with E-state index in [0.29, 0.717) is 15.8 Å². The van der Waals surface area contributed by atoms with Crippen molar-refractivity contribution in [2.75, 3.05) is 0 Å². The Labute approximate surface area is 134 Å². The SMILES string of the molecule is CC(C)[C@H](NS(=O)(=O)c1cccc2c(Cl)cccc12)C(=O)O. The van der Waals surface area contributed by atoms with Gasteiger partial charge in [0.2, 0.25) is 10.0 Å². The maximum absolute atomic E-state index is 12.6. The lowest BCUT2D eigenvalue weighted by Crippen LogP contribution is -2.44. The Hall–Kier alpha value is -1.63. The molecule has 0 heterocycles. The van der Waals surface area contributed by atoms with Crippen molar-refractivity contribution in [2.45, 2.75) is 24.8 Å². The molecule has 1 atom stereocenters. The van der Waals surface area contributed by atoms with Crippen LogP contribution in [0.3, 0.4) is 0 Å². The summed E-state index contributed by atoms with van der Waals surface area (Å²) in [6.45, 7) is 3.28. The molecular formula is C15H16ClNO4S. The zero-order chi connectivity index (χ0) is 16.5. The van der Waals surface area contributed by atoms with E-state index in [9.17, 15) is 13.2 Å². The lowest BCUT2D eigenvalue weighted by molar-refractivity contribution is -0.140. The minimum atomic E-state index is -3.98. The molecular weight excluding hydrogens is 326 g/mol. The molecule has 0 saturated heterocycles. The summed E-state index contributed by atoms with van der Waals surface area (Å²) in [5.41, 5.74) is 0. The minimum Gasteiger partial charge on any atom is -0.480 e. The van der Waals surface area contributed by atoms with Crippen LogP contribution in [0.5, 0.6) is 0 Å². The molecule has 2 aromatic rings. The van der Waals surface area contributed by atoms with E-state index in [1.54, 1.807) is 44.2 Å². The van der Waals surface area contributed by atoms with Crippen LogP contribution >= 0.6 is 11.6 Å². The Morgan fingerprint density at radius 3 is 2.32 bits per heavy atom. The minimum absolute atomic E-state index is 0.0133. The fraction of sp³-hybridized carbons (Fsp3) is 0.267. The van der Waals surface area contributed by atoms with Gasteiger partial charge in [-0.15, -0.1) is 0 Å². The molecule has 0 bridgehead atoms. The largest absolute Gasteiger partial charge is 0.480 e. The van der Waals surface area contributed by atoms with Crippen molar-refractivity contribution < 1.29 is 18.3 Å². The zero-order valence-corrected chi connectivity index (χ0v) is 13.6. The van der Waals surface area contributed by atoms with Crippen molar-refractivity contribution in [1.82, 2.24) is 4.72 Å². The summed E-state index contributed by atoms with van der Waals surface area (Å²) in [5.74, 6) is -1.59. The molecule has 118 valence electrons. The average molecular weight is 342 g/mol. The van der Waals surface area contributed by atoms with Crippen LogP contribution in [0.25, 0.3) is 10.8 Å². The van der Waals surface area contributed by atoms with Crippen molar-refractivity contribution in [2.24, 2.45) is 5.92 Å². The molecule has 0 aliphatic heterocycles. The molecule has 0 unspecified atom stereocenters. The summed E-state index contributed by atoms with van der Waals surface area (Å²) < 4.78 is 27.4. The summed E-state index contributed by atoms with van der Waals surface area (Å²) in [5, 5.41) is 10.7. The highest BCUT2D eigenvalue weighted by Gasteiger charge is 2.28. The number of carboxylic acid groups (broad SMARTS) is 1. The normalized spacial score (nSPS) is 13.5. The standard InChI is InChI=1S/C15H16ClNO4S/c1-9(2)14(15(18)19)17-22(20,21)13-8-4-5-10-11(13)6-3-7-12(10)16/h3-9,14,17H,1-2H3,(H,18,19)/t14-/m0/s1. The summed E-state index contributed by atoms with van der Waals surface area (Å²) in [6, 6.07) is 8.49. The molecule has 0 aliphatic rings. The van der Waals surface area contributed by atoms with Crippen LogP contribution in [0.4, 0.5) is 0 Å². The van der Waals surface area contributed by atoms with Gasteiger partial charge in [0.1, 0.15) is 6.04 Å². The van der Waals surface area contributed by atoms with Crippen molar-refractivity contribution in [3.8, 4) is 0 Å². The molecule has 0 spiro atoms. The van der Waals surface area contributed by atoms with Gasteiger partial charge >= 0.3 is 5.97 Å². The Kier molecular flexibility index (Phi) is 4.75. The molecule has 22 heavy (non-hydrogen) atoms. The topological polar surface area (TPSA) is 83.5 Å². The average Bonchev–Trinajstić information content (AvgIpc) is 2.44. The quantitative estimate of drug-likeness (QED) is 0.875. The predicted octanol–water partition coefficient (Wildman–Crippen LogP) is 2.88. The van der Waals surface area contributed by atoms with Crippen molar-refractivity contribution in [1.29, 1.82) is 0 Å². The van der Waals surface area contributed by atoms with E-state index in [2.05, 4.69) is 4.72 Å². The molecule has 0 fully saturated rings. The molecule has 7 heteroatoms. The van der Waals surface area contributed by atoms with E-state index in [0.717, 1.165) is 0 Å². The number of halogens is 1. The number of carbonyl (C=O) groups is 1. The molecule has 0 radical (unpaired) electrons. The first-order valence-electron chi connectivity index (χ1n) is 6.66. The van der Waals surface area contributed by atoms with Crippen LogP contribution in [-0.4, -0.2) is 25.5 Å². The predicted molar refractivity (Wildman–Crippen MR) is 85.5 cm³/mol. The van der Waals surface area contributed by atoms with Gasteiger partial charge in [0.05, 0.1) is 4.90 Å². The van der Waals surface area contributed by atoms with Gasteiger partial charge in [-0.1, -0.05) is 49.7 Å². The molecule has 0 aromatic heterocycles. The molecule has 2 rings (SSSR count). The smallest absolute Gasteiger partial charge is 0.322 e. The lowest BCUT2D eigenvalue weighted by atomic mass is 10.1. The Morgan fingerprint density at radius 1 is 1.14 bits per heavy atom. The van der Waals surface area contributed by atoms with Crippen LogP contribution in [0.2, 0.25) is 5.02 Å². The molecule has 5 nitrogen and oxygen atoms in total. The van der Waals surface area contributed by atoms with Gasteiger partial charge in [0.25, 0.3) is 0 Å². The third-order valence-electron chi connectivity index (χ3n) is 3.33. The number of hydrogen-bond donors (Lipinski definition) is 2. The molecule has 0 aliphatic carbocycles. The van der Waals surface area contributed by atoms with Crippen molar-refractivity contribution in [3.05, 3.63) is 41.4 Å². The van der Waals surface area contributed by atoms with E-state index in [1.807, 2.05) is 0 Å². The van der Waals surface area contributed by atoms with Crippen LogP contribution < -0.4 is 4.72 Å². The summed E-state index contributed by atoms with van der Waals surface area (Å²) >= 11 is 6.08. The molecule has 2 N–H and O–H groups in total. The lowest BCUT2D eigenvalue weighted by Gasteiger charge is -2.18. The Morgan fingerprint density at radius 2 is 1.73 bits per heavy atom. The van der Waals surface area contributed by atoms with E-state index in [-0.39, 0.29) is 10.8 Å². The summed E-state index contributed by atoms with van der Waals surface area (Å²) in [6.07, 6.45) is 0. The second kappa shape index (κ2) is 6.24. The molecule has 2 aromatic carbocycles.